The first-order valence-corrected chi connectivity index (χ1v) is 5.37. The van der Waals surface area contributed by atoms with Crippen molar-refractivity contribution < 1.29 is 4.74 Å². The number of benzene rings is 1. The molecule has 2 heteroatoms. The Balaban J connectivity index is 2.22. The molecule has 15 heavy (non-hydrogen) atoms. The van der Waals surface area contributed by atoms with E-state index in [-0.39, 0.29) is 5.41 Å². The zero-order valence-electron chi connectivity index (χ0n) is 9.16. The van der Waals surface area contributed by atoms with E-state index in [2.05, 4.69) is 13.0 Å². The lowest BCUT2D eigenvalue weighted by Crippen LogP contribution is -2.05. The molecule has 0 N–H and O–H groups in total. The van der Waals surface area contributed by atoms with Crippen LogP contribution in [0.25, 0.3) is 0 Å². The molecule has 0 saturated heterocycles. The monoisotopic (exact) mass is 201 g/mol. The average Bonchev–Trinajstić information content (AvgIpc) is 2.92. The highest BCUT2D eigenvalue weighted by Gasteiger charge is 2.53. The molecule has 0 heterocycles. The van der Waals surface area contributed by atoms with Crippen molar-refractivity contribution in [1.29, 1.82) is 5.26 Å². The van der Waals surface area contributed by atoms with Crippen LogP contribution in [0, 0.1) is 17.2 Å². The van der Waals surface area contributed by atoms with E-state index in [1.54, 1.807) is 0 Å². The number of ether oxygens (including phenoxy) is 1. The summed E-state index contributed by atoms with van der Waals surface area (Å²) in [5.41, 5.74) is 0.908. The van der Waals surface area contributed by atoms with Crippen molar-refractivity contribution >= 4 is 0 Å². The lowest BCUT2D eigenvalue weighted by molar-refractivity contribution is 0.340. The molecule has 2 atom stereocenters. The summed E-state index contributed by atoms with van der Waals surface area (Å²) in [5.74, 6) is 1.36. The van der Waals surface area contributed by atoms with Gasteiger partial charge in [0.1, 0.15) is 5.75 Å². The second-order valence-electron chi connectivity index (χ2n) is 4.15. The Bertz CT molecular complexity index is 390. The Hall–Kier alpha value is -1.49. The van der Waals surface area contributed by atoms with Gasteiger partial charge in [-0.2, -0.15) is 5.26 Å². The van der Waals surface area contributed by atoms with Crippen LogP contribution in [0.1, 0.15) is 25.8 Å². The molecule has 0 bridgehead atoms. The van der Waals surface area contributed by atoms with Gasteiger partial charge < -0.3 is 4.74 Å². The first kappa shape index (κ1) is 10.0. The maximum absolute atomic E-state index is 9.17. The van der Waals surface area contributed by atoms with Crippen molar-refractivity contribution in [3.8, 4) is 11.8 Å². The summed E-state index contributed by atoms with van der Waals surface area (Å²) in [6.07, 6.45) is 0.984. The molecule has 2 unspecified atom stereocenters. The van der Waals surface area contributed by atoms with Gasteiger partial charge in [0.15, 0.2) is 0 Å². The summed E-state index contributed by atoms with van der Waals surface area (Å²) in [6, 6.07) is 10.3. The van der Waals surface area contributed by atoms with Gasteiger partial charge >= 0.3 is 0 Å². The van der Waals surface area contributed by atoms with E-state index in [9.17, 15) is 5.26 Å². The second kappa shape index (κ2) is 3.58. The molecule has 0 radical (unpaired) electrons. The number of nitrogens with zero attached hydrogens (tertiary/aromatic N) is 1. The molecular formula is C13H15NO. The largest absolute Gasteiger partial charge is 0.494 e. The molecule has 0 aromatic heterocycles. The predicted molar refractivity (Wildman–Crippen MR) is 58.7 cm³/mol. The van der Waals surface area contributed by atoms with Crippen molar-refractivity contribution in [2.45, 2.75) is 25.7 Å². The minimum atomic E-state index is -0.218. The SMILES string of the molecule is CCOc1ccc(C2(C#N)CC2C)cc1. The van der Waals surface area contributed by atoms with Crippen molar-refractivity contribution in [2.24, 2.45) is 5.92 Å². The zero-order chi connectivity index (χ0) is 10.9. The van der Waals surface area contributed by atoms with Crippen LogP contribution in [0.2, 0.25) is 0 Å². The molecule has 0 spiro atoms. The van der Waals surface area contributed by atoms with Gasteiger partial charge in [-0.05, 0) is 37.0 Å². The standard InChI is InChI=1S/C13H15NO/c1-3-15-12-6-4-11(5-7-12)13(9-14)8-10(13)2/h4-7,10H,3,8H2,1-2H3. The second-order valence-corrected chi connectivity index (χ2v) is 4.15. The molecule has 2 nitrogen and oxygen atoms in total. The molecule has 1 aromatic rings. The average molecular weight is 201 g/mol. The normalized spacial score (nSPS) is 28.2. The first-order chi connectivity index (χ1) is 7.23. The van der Waals surface area contributed by atoms with Gasteiger partial charge in [0.25, 0.3) is 0 Å². The van der Waals surface area contributed by atoms with Crippen LogP contribution < -0.4 is 4.74 Å². The number of hydrogen-bond donors (Lipinski definition) is 0. The van der Waals surface area contributed by atoms with Crippen molar-refractivity contribution in [1.82, 2.24) is 0 Å². The van der Waals surface area contributed by atoms with Gasteiger partial charge in [0, 0.05) is 0 Å². The van der Waals surface area contributed by atoms with Crippen LogP contribution in [-0.2, 0) is 5.41 Å². The smallest absolute Gasteiger partial charge is 0.119 e. The Labute approximate surface area is 90.5 Å². The Morgan fingerprint density at radius 2 is 2.07 bits per heavy atom. The van der Waals surface area contributed by atoms with Crippen LogP contribution >= 0.6 is 0 Å². The van der Waals surface area contributed by atoms with Gasteiger partial charge in [-0.3, -0.25) is 0 Å². The number of rotatable bonds is 3. The van der Waals surface area contributed by atoms with Crippen LogP contribution in [-0.4, -0.2) is 6.61 Å². The highest BCUT2D eigenvalue weighted by atomic mass is 16.5. The predicted octanol–water partition coefficient (Wildman–Crippen LogP) is 2.89. The summed E-state index contributed by atoms with van der Waals surface area (Å²) in [6.45, 7) is 4.77. The van der Waals surface area contributed by atoms with E-state index in [0.29, 0.717) is 12.5 Å². The van der Waals surface area contributed by atoms with Crippen molar-refractivity contribution in [3.05, 3.63) is 29.8 Å². The third kappa shape index (κ3) is 1.59. The van der Waals surface area contributed by atoms with Gasteiger partial charge in [-0.1, -0.05) is 19.1 Å². The summed E-state index contributed by atoms with van der Waals surface area (Å²) in [4.78, 5) is 0. The lowest BCUT2D eigenvalue weighted by Gasteiger charge is -2.09. The highest BCUT2D eigenvalue weighted by Crippen LogP contribution is 2.53. The van der Waals surface area contributed by atoms with Gasteiger partial charge in [0.2, 0.25) is 0 Å². The number of hydrogen-bond acceptors (Lipinski definition) is 2. The molecule has 1 aliphatic carbocycles. The fraction of sp³-hybridized carbons (Fsp3) is 0.462. The molecule has 1 aromatic carbocycles. The minimum absolute atomic E-state index is 0.218. The van der Waals surface area contributed by atoms with E-state index in [0.717, 1.165) is 17.7 Å². The molecule has 0 amide bonds. The Morgan fingerprint density at radius 1 is 1.47 bits per heavy atom. The quantitative estimate of drug-likeness (QED) is 0.753. The molecule has 1 aliphatic rings. The van der Waals surface area contributed by atoms with Gasteiger partial charge in [-0.15, -0.1) is 0 Å². The zero-order valence-corrected chi connectivity index (χ0v) is 9.16. The van der Waals surface area contributed by atoms with E-state index >= 15 is 0 Å². The summed E-state index contributed by atoms with van der Waals surface area (Å²) < 4.78 is 5.37. The fourth-order valence-electron chi connectivity index (χ4n) is 2.06. The van der Waals surface area contributed by atoms with E-state index in [1.165, 1.54) is 0 Å². The summed E-state index contributed by atoms with van der Waals surface area (Å²) in [5, 5.41) is 9.17. The maximum atomic E-state index is 9.17. The van der Waals surface area contributed by atoms with Crippen LogP contribution in [0.3, 0.4) is 0 Å². The van der Waals surface area contributed by atoms with E-state index in [1.807, 2.05) is 31.2 Å². The minimum Gasteiger partial charge on any atom is -0.494 e. The molecule has 1 saturated carbocycles. The van der Waals surface area contributed by atoms with Crippen molar-refractivity contribution in [3.63, 3.8) is 0 Å². The van der Waals surface area contributed by atoms with Crippen molar-refractivity contribution in [2.75, 3.05) is 6.61 Å². The lowest BCUT2D eigenvalue weighted by atomic mass is 9.95. The van der Waals surface area contributed by atoms with Crippen LogP contribution in [0.5, 0.6) is 5.75 Å². The van der Waals surface area contributed by atoms with Gasteiger partial charge in [-0.25, -0.2) is 0 Å². The molecule has 0 aliphatic heterocycles. The molecular weight excluding hydrogens is 186 g/mol. The molecule has 2 rings (SSSR count). The third-order valence-electron chi connectivity index (χ3n) is 3.19. The Morgan fingerprint density at radius 3 is 2.47 bits per heavy atom. The first-order valence-electron chi connectivity index (χ1n) is 5.37. The van der Waals surface area contributed by atoms with E-state index in [4.69, 9.17) is 4.74 Å². The number of nitriles is 1. The summed E-state index contributed by atoms with van der Waals surface area (Å²) in [7, 11) is 0. The van der Waals surface area contributed by atoms with Crippen LogP contribution in [0.4, 0.5) is 0 Å². The molecule has 1 fully saturated rings. The third-order valence-corrected chi connectivity index (χ3v) is 3.19. The van der Waals surface area contributed by atoms with Gasteiger partial charge in [0.05, 0.1) is 18.1 Å². The highest BCUT2D eigenvalue weighted by molar-refractivity contribution is 5.43. The Kier molecular flexibility index (Phi) is 2.40. The maximum Gasteiger partial charge on any atom is 0.119 e. The van der Waals surface area contributed by atoms with E-state index < -0.39 is 0 Å². The summed E-state index contributed by atoms with van der Waals surface area (Å²) >= 11 is 0. The fourth-order valence-corrected chi connectivity index (χ4v) is 2.06. The van der Waals surface area contributed by atoms with Crippen LogP contribution in [0.15, 0.2) is 24.3 Å². The topological polar surface area (TPSA) is 33.0 Å². The molecule has 78 valence electrons.